The second-order valence-corrected chi connectivity index (χ2v) is 19.3. The summed E-state index contributed by atoms with van der Waals surface area (Å²) in [5, 5.41) is 5.60. The number of ether oxygens (including phenoxy) is 3. The molecule has 6 rings (SSSR count). The Kier molecular flexibility index (Phi) is 12.5. The number of aromatic nitrogens is 1. The van der Waals surface area contributed by atoms with Gasteiger partial charge in [0, 0.05) is 35.4 Å². The quantitative estimate of drug-likeness (QED) is 0.132. The van der Waals surface area contributed by atoms with Crippen molar-refractivity contribution in [3.05, 3.63) is 96.3 Å². The molecule has 1 aliphatic carbocycles. The lowest BCUT2D eigenvalue weighted by molar-refractivity contribution is -0.143. The topological polar surface area (TPSA) is 182 Å². The number of likely N-dealkylation sites (tertiary alicyclic amines) is 1. The van der Waals surface area contributed by atoms with Crippen molar-refractivity contribution in [1.29, 1.82) is 0 Å². The van der Waals surface area contributed by atoms with Gasteiger partial charge in [-0.25, -0.2) is 27.3 Å². The largest absolute Gasteiger partial charge is 0.497 e. The van der Waals surface area contributed by atoms with E-state index in [1.807, 2.05) is 35.1 Å². The summed E-state index contributed by atoms with van der Waals surface area (Å²) >= 11 is 5.83. The number of hydrogen-bond donors (Lipinski definition) is 3. The molecule has 61 heavy (non-hydrogen) atoms. The number of methoxy groups -OCH3 is 1. The van der Waals surface area contributed by atoms with Gasteiger partial charge in [-0.3, -0.25) is 14.4 Å². The van der Waals surface area contributed by atoms with Crippen LogP contribution < -0.4 is 24.8 Å². The standard InChI is InChI=1S/C44H49ClFN5O9S/c1-9-26-23-44(26,40(54)50-61(56,57)29-16-18-32(46)31(45)21-29)49-38(52)35-20-28(24-51(35)39(53)37(42(2,3)4)48-41(55)60-43(5,6)7)59-36-22-33(25-13-11-10-12-14-25)47-34-19-27(58-8)15-17-30(34)36/h9-19,21-22,26,28,35,37H,1,20,23-24H2,2-8H3,(H,48,55)(H,49,52)(H,50,54)/t26-,28-,35+,37-,44-/m1/s1. The van der Waals surface area contributed by atoms with Crippen LogP contribution >= 0.6 is 11.6 Å². The zero-order valence-electron chi connectivity index (χ0n) is 34.9. The summed E-state index contributed by atoms with van der Waals surface area (Å²) in [6.45, 7) is 14.0. The van der Waals surface area contributed by atoms with E-state index in [1.165, 1.54) is 11.0 Å². The molecule has 3 N–H and O–H groups in total. The molecule has 1 saturated heterocycles. The van der Waals surface area contributed by atoms with Crippen LogP contribution in [0.1, 0.15) is 54.4 Å². The maximum atomic E-state index is 14.7. The van der Waals surface area contributed by atoms with Gasteiger partial charge >= 0.3 is 6.09 Å². The third kappa shape index (κ3) is 9.91. The molecule has 324 valence electrons. The van der Waals surface area contributed by atoms with Crippen molar-refractivity contribution in [3.8, 4) is 22.8 Å². The van der Waals surface area contributed by atoms with E-state index in [1.54, 1.807) is 72.9 Å². The van der Waals surface area contributed by atoms with Gasteiger partial charge in [0.1, 0.15) is 46.6 Å². The van der Waals surface area contributed by atoms with Gasteiger partial charge in [0.05, 0.1) is 34.8 Å². The van der Waals surface area contributed by atoms with E-state index in [4.69, 9.17) is 30.8 Å². The van der Waals surface area contributed by atoms with E-state index < -0.39 is 90.2 Å². The van der Waals surface area contributed by atoms with E-state index in [0.717, 1.165) is 23.8 Å². The van der Waals surface area contributed by atoms with Crippen molar-refractivity contribution < 1.29 is 46.2 Å². The Bertz CT molecular complexity index is 2490. The van der Waals surface area contributed by atoms with Crippen LogP contribution in [0.5, 0.6) is 11.5 Å². The predicted molar refractivity (Wildman–Crippen MR) is 227 cm³/mol. The molecule has 2 aliphatic rings. The molecule has 3 aromatic carbocycles. The molecule has 1 saturated carbocycles. The average Bonchev–Trinajstić information content (AvgIpc) is 3.75. The van der Waals surface area contributed by atoms with Crippen LogP contribution in [0, 0.1) is 17.2 Å². The van der Waals surface area contributed by atoms with Gasteiger partial charge in [-0.1, -0.05) is 68.8 Å². The Labute approximate surface area is 359 Å². The van der Waals surface area contributed by atoms with E-state index in [-0.39, 0.29) is 19.4 Å². The Balaban J connectivity index is 1.35. The number of nitrogens with one attached hydrogen (secondary N) is 3. The number of benzene rings is 3. The van der Waals surface area contributed by atoms with E-state index in [9.17, 15) is 32.0 Å². The lowest BCUT2D eigenvalue weighted by atomic mass is 9.85. The van der Waals surface area contributed by atoms with Crippen molar-refractivity contribution in [3.63, 3.8) is 0 Å². The highest BCUT2D eigenvalue weighted by Crippen LogP contribution is 2.45. The summed E-state index contributed by atoms with van der Waals surface area (Å²) in [6, 6.07) is 16.8. The molecule has 0 radical (unpaired) electrons. The molecule has 17 heteroatoms. The van der Waals surface area contributed by atoms with Crippen LogP contribution in [0.25, 0.3) is 22.2 Å². The number of halogens is 2. The van der Waals surface area contributed by atoms with Crippen molar-refractivity contribution in [1.82, 2.24) is 25.2 Å². The highest BCUT2D eigenvalue weighted by molar-refractivity contribution is 7.90. The van der Waals surface area contributed by atoms with Crippen LogP contribution in [0.15, 0.2) is 90.3 Å². The molecule has 2 heterocycles. The maximum Gasteiger partial charge on any atom is 0.408 e. The summed E-state index contributed by atoms with van der Waals surface area (Å²) < 4.78 is 60.1. The van der Waals surface area contributed by atoms with Crippen molar-refractivity contribution in [2.24, 2.45) is 11.3 Å². The fraction of sp³-hybridized carbons (Fsp3) is 0.386. The monoisotopic (exact) mass is 877 g/mol. The minimum absolute atomic E-state index is 0.00604. The van der Waals surface area contributed by atoms with Crippen molar-refractivity contribution in [2.75, 3.05) is 13.7 Å². The molecule has 0 bridgehead atoms. The number of carbonyl (C=O) groups excluding carboxylic acids is 4. The molecule has 0 unspecified atom stereocenters. The van der Waals surface area contributed by atoms with Crippen LogP contribution in [0.2, 0.25) is 5.02 Å². The maximum absolute atomic E-state index is 14.7. The predicted octanol–water partition coefficient (Wildman–Crippen LogP) is 6.56. The summed E-state index contributed by atoms with van der Waals surface area (Å²) in [5.41, 5.74) is -1.55. The third-order valence-electron chi connectivity index (χ3n) is 10.4. The number of pyridine rings is 1. The Morgan fingerprint density at radius 3 is 2.33 bits per heavy atom. The van der Waals surface area contributed by atoms with Gasteiger partial charge in [0.25, 0.3) is 15.9 Å². The van der Waals surface area contributed by atoms with Crippen LogP contribution in [-0.2, 0) is 29.1 Å². The number of rotatable bonds is 12. The molecule has 5 atom stereocenters. The molecule has 1 aromatic heterocycles. The number of fused-ring (bicyclic) bond motifs is 1. The number of sulfonamides is 1. The lowest BCUT2D eigenvalue weighted by Crippen LogP contribution is -2.60. The summed E-state index contributed by atoms with van der Waals surface area (Å²) in [6.07, 6.45) is -0.301. The first kappa shape index (κ1) is 44.8. The Hall–Kier alpha value is -5.74. The molecule has 1 aliphatic heterocycles. The number of amides is 4. The summed E-state index contributed by atoms with van der Waals surface area (Å²) in [5.74, 6) is -3.02. The highest BCUT2D eigenvalue weighted by Gasteiger charge is 2.61. The van der Waals surface area contributed by atoms with Crippen molar-refractivity contribution >= 4 is 56.3 Å². The number of nitrogens with zero attached hydrogens (tertiary/aromatic N) is 2. The van der Waals surface area contributed by atoms with Gasteiger partial charge in [-0.05, 0) is 62.9 Å². The van der Waals surface area contributed by atoms with Gasteiger partial charge in [0.2, 0.25) is 11.8 Å². The second-order valence-electron chi connectivity index (χ2n) is 17.2. The third-order valence-corrected chi connectivity index (χ3v) is 12.1. The molecule has 0 spiro atoms. The Morgan fingerprint density at radius 1 is 1.02 bits per heavy atom. The molecular formula is C44H49ClFN5O9S. The minimum Gasteiger partial charge on any atom is -0.497 e. The highest BCUT2D eigenvalue weighted by atomic mass is 35.5. The summed E-state index contributed by atoms with van der Waals surface area (Å²) in [4.78, 5) is 62.0. The second kappa shape index (κ2) is 17.0. The minimum atomic E-state index is -4.58. The number of alkyl carbamates (subject to hydrolysis) is 1. The van der Waals surface area contributed by atoms with Gasteiger partial charge < -0.3 is 29.7 Å². The summed E-state index contributed by atoms with van der Waals surface area (Å²) in [7, 11) is -3.03. The normalized spacial score (nSPS) is 20.6. The van der Waals surface area contributed by atoms with Crippen LogP contribution in [0.4, 0.5) is 9.18 Å². The van der Waals surface area contributed by atoms with E-state index in [0.29, 0.717) is 28.1 Å². The molecule has 14 nitrogen and oxygen atoms in total. The Morgan fingerprint density at radius 2 is 1.72 bits per heavy atom. The number of hydrogen-bond acceptors (Lipinski definition) is 10. The van der Waals surface area contributed by atoms with Crippen LogP contribution in [0.3, 0.4) is 0 Å². The van der Waals surface area contributed by atoms with Crippen molar-refractivity contribution in [2.45, 2.75) is 88.6 Å². The fourth-order valence-corrected chi connectivity index (χ4v) is 8.51. The van der Waals surface area contributed by atoms with E-state index in [2.05, 4.69) is 17.2 Å². The van der Waals surface area contributed by atoms with Gasteiger partial charge in [-0.2, -0.15) is 0 Å². The molecule has 2 fully saturated rings. The fourth-order valence-electron chi connectivity index (χ4n) is 7.21. The SMILES string of the molecule is C=C[C@@H]1C[C@]1(NC(=O)[C@@H]1C[C@@H](Oc2cc(-c3ccccc3)nc3cc(OC)ccc23)CN1C(=O)[C@@H](NC(=O)OC(C)(C)C)C(C)(C)C)C(=O)NS(=O)(=O)c1ccc(F)c(Cl)c1. The molecular weight excluding hydrogens is 829 g/mol. The molecule has 4 amide bonds. The van der Waals surface area contributed by atoms with E-state index >= 15 is 0 Å². The number of carbonyl (C=O) groups is 4. The zero-order valence-corrected chi connectivity index (χ0v) is 36.4. The lowest BCUT2D eigenvalue weighted by Gasteiger charge is -2.36. The van der Waals surface area contributed by atoms with Gasteiger partial charge in [0.15, 0.2) is 0 Å². The molecule has 4 aromatic rings. The first-order valence-electron chi connectivity index (χ1n) is 19.5. The average molecular weight is 878 g/mol. The first-order chi connectivity index (χ1) is 28.5. The first-order valence-corrected chi connectivity index (χ1v) is 21.4. The smallest absolute Gasteiger partial charge is 0.408 e. The zero-order chi connectivity index (χ0) is 44.7. The van der Waals surface area contributed by atoms with Crippen LogP contribution in [-0.4, -0.2) is 85.1 Å². The van der Waals surface area contributed by atoms with Gasteiger partial charge in [-0.15, -0.1) is 6.58 Å².